The van der Waals surface area contributed by atoms with Crippen LogP contribution >= 0.6 is 0 Å². The van der Waals surface area contributed by atoms with Crippen LogP contribution in [0.5, 0.6) is 0 Å². The van der Waals surface area contributed by atoms with Crippen molar-refractivity contribution in [1.82, 2.24) is 0 Å². The van der Waals surface area contributed by atoms with Gasteiger partial charge in [0, 0.05) is 5.92 Å². The molecule has 1 saturated heterocycles. The maximum absolute atomic E-state index is 11.5. The van der Waals surface area contributed by atoms with Crippen LogP contribution in [0.25, 0.3) is 0 Å². The van der Waals surface area contributed by atoms with Gasteiger partial charge in [-0.2, -0.15) is 0 Å². The van der Waals surface area contributed by atoms with Crippen molar-refractivity contribution in [2.24, 2.45) is 11.7 Å². The molecule has 1 fully saturated rings. The SMILES string of the molecule is Cc1ccccc1C(CN)C1CCS(=O)(=O)C1. The van der Waals surface area contributed by atoms with Crippen LogP contribution in [-0.2, 0) is 9.84 Å². The molecule has 0 amide bonds. The predicted molar refractivity (Wildman–Crippen MR) is 69.7 cm³/mol. The molecular weight excluding hydrogens is 234 g/mol. The monoisotopic (exact) mass is 253 g/mol. The van der Waals surface area contributed by atoms with Crippen molar-refractivity contribution in [3.05, 3.63) is 35.4 Å². The summed E-state index contributed by atoms with van der Waals surface area (Å²) in [6.45, 7) is 2.58. The van der Waals surface area contributed by atoms with Crippen molar-refractivity contribution in [2.45, 2.75) is 19.3 Å². The molecule has 0 bridgehead atoms. The first kappa shape index (κ1) is 12.6. The summed E-state index contributed by atoms with van der Waals surface area (Å²) in [5, 5.41) is 0. The van der Waals surface area contributed by atoms with Crippen molar-refractivity contribution >= 4 is 9.84 Å². The van der Waals surface area contributed by atoms with E-state index in [1.165, 1.54) is 11.1 Å². The second-order valence-corrected chi connectivity index (χ2v) is 7.09. The van der Waals surface area contributed by atoms with Crippen molar-refractivity contribution in [2.75, 3.05) is 18.1 Å². The number of aryl methyl sites for hydroxylation is 1. The number of benzene rings is 1. The molecule has 2 rings (SSSR count). The molecule has 1 aliphatic heterocycles. The Kier molecular flexibility index (Phi) is 3.54. The van der Waals surface area contributed by atoms with E-state index in [1.54, 1.807) is 0 Å². The zero-order valence-electron chi connectivity index (χ0n) is 10.1. The van der Waals surface area contributed by atoms with Gasteiger partial charge in [-0.05, 0) is 36.9 Å². The summed E-state index contributed by atoms with van der Waals surface area (Å²) in [5.41, 5.74) is 8.25. The van der Waals surface area contributed by atoms with E-state index in [0.29, 0.717) is 18.1 Å². The molecule has 0 radical (unpaired) electrons. The third-order valence-electron chi connectivity index (χ3n) is 3.68. The van der Waals surface area contributed by atoms with Crippen LogP contribution < -0.4 is 5.73 Å². The van der Waals surface area contributed by atoms with Crippen LogP contribution in [0.3, 0.4) is 0 Å². The second kappa shape index (κ2) is 4.78. The van der Waals surface area contributed by atoms with E-state index >= 15 is 0 Å². The first-order valence-electron chi connectivity index (χ1n) is 5.99. The minimum atomic E-state index is -2.83. The summed E-state index contributed by atoms with van der Waals surface area (Å²) in [6.07, 6.45) is 0.749. The normalized spacial score (nSPS) is 24.7. The van der Waals surface area contributed by atoms with Crippen molar-refractivity contribution in [1.29, 1.82) is 0 Å². The molecule has 1 heterocycles. The van der Waals surface area contributed by atoms with Gasteiger partial charge in [0.15, 0.2) is 9.84 Å². The molecule has 0 aliphatic carbocycles. The first-order valence-corrected chi connectivity index (χ1v) is 7.81. The number of hydrogen-bond donors (Lipinski definition) is 1. The zero-order chi connectivity index (χ0) is 12.5. The van der Waals surface area contributed by atoms with Crippen molar-refractivity contribution in [3.8, 4) is 0 Å². The quantitative estimate of drug-likeness (QED) is 0.887. The minimum Gasteiger partial charge on any atom is -0.330 e. The molecule has 1 aliphatic rings. The fraction of sp³-hybridized carbons (Fsp3) is 0.538. The summed E-state index contributed by atoms with van der Waals surface area (Å²) in [4.78, 5) is 0. The third-order valence-corrected chi connectivity index (χ3v) is 5.47. The third kappa shape index (κ3) is 2.69. The average molecular weight is 253 g/mol. The number of hydrogen-bond acceptors (Lipinski definition) is 3. The van der Waals surface area contributed by atoms with E-state index in [-0.39, 0.29) is 11.8 Å². The van der Waals surface area contributed by atoms with Gasteiger partial charge in [0.05, 0.1) is 11.5 Å². The summed E-state index contributed by atoms with van der Waals surface area (Å²) < 4.78 is 23.1. The highest BCUT2D eigenvalue weighted by atomic mass is 32.2. The van der Waals surface area contributed by atoms with Gasteiger partial charge in [-0.15, -0.1) is 0 Å². The maximum atomic E-state index is 11.5. The fourth-order valence-corrected chi connectivity index (χ4v) is 4.60. The molecule has 4 heteroatoms. The zero-order valence-corrected chi connectivity index (χ0v) is 10.9. The maximum Gasteiger partial charge on any atom is 0.150 e. The van der Waals surface area contributed by atoms with E-state index in [2.05, 4.69) is 19.1 Å². The molecule has 17 heavy (non-hydrogen) atoms. The Morgan fingerprint density at radius 2 is 2.12 bits per heavy atom. The van der Waals surface area contributed by atoms with Gasteiger partial charge in [0.25, 0.3) is 0 Å². The summed E-state index contributed by atoms with van der Waals surface area (Å²) in [5.74, 6) is 0.975. The standard InChI is InChI=1S/C13H19NO2S/c1-10-4-2-3-5-12(10)13(8-14)11-6-7-17(15,16)9-11/h2-5,11,13H,6-9,14H2,1H3. The molecule has 2 N–H and O–H groups in total. The number of sulfone groups is 1. The highest BCUT2D eigenvalue weighted by Crippen LogP contribution is 2.33. The molecule has 2 atom stereocenters. The first-order chi connectivity index (χ1) is 8.03. The second-order valence-electron chi connectivity index (χ2n) is 4.86. The molecule has 1 aromatic carbocycles. The van der Waals surface area contributed by atoms with Crippen LogP contribution in [0, 0.1) is 12.8 Å². The molecule has 2 unspecified atom stereocenters. The van der Waals surface area contributed by atoms with Gasteiger partial charge in [-0.1, -0.05) is 24.3 Å². The highest BCUT2D eigenvalue weighted by Gasteiger charge is 2.34. The summed E-state index contributed by atoms with van der Waals surface area (Å²) in [6, 6.07) is 8.12. The van der Waals surface area contributed by atoms with Crippen molar-refractivity contribution < 1.29 is 8.42 Å². The Morgan fingerprint density at radius 1 is 1.41 bits per heavy atom. The van der Waals surface area contributed by atoms with E-state index in [4.69, 9.17) is 5.73 Å². The lowest BCUT2D eigenvalue weighted by Crippen LogP contribution is -2.23. The van der Waals surface area contributed by atoms with E-state index in [1.807, 2.05) is 12.1 Å². The number of rotatable bonds is 3. The van der Waals surface area contributed by atoms with Crippen LogP contribution in [-0.4, -0.2) is 26.5 Å². The lowest BCUT2D eigenvalue weighted by Gasteiger charge is -2.23. The predicted octanol–water partition coefficient (Wildman–Crippen LogP) is 1.47. The average Bonchev–Trinajstić information content (AvgIpc) is 2.63. The summed E-state index contributed by atoms with van der Waals surface area (Å²) >= 11 is 0. The Labute approximate surface area is 103 Å². The molecule has 0 aromatic heterocycles. The van der Waals surface area contributed by atoms with Gasteiger partial charge < -0.3 is 5.73 Å². The van der Waals surface area contributed by atoms with Gasteiger partial charge in [0.2, 0.25) is 0 Å². The fourth-order valence-electron chi connectivity index (χ4n) is 2.72. The largest absolute Gasteiger partial charge is 0.330 e. The van der Waals surface area contributed by atoms with Gasteiger partial charge in [0.1, 0.15) is 0 Å². The Morgan fingerprint density at radius 3 is 2.65 bits per heavy atom. The van der Waals surface area contributed by atoms with Gasteiger partial charge in [-0.25, -0.2) is 8.42 Å². The van der Waals surface area contributed by atoms with Crippen molar-refractivity contribution in [3.63, 3.8) is 0 Å². The molecular formula is C13H19NO2S. The van der Waals surface area contributed by atoms with E-state index in [0.717, 1.165) is 6.42 Å². The van der Waals surface area contributed by atoms with Crippen LogP contribution in [0.2, 0.25) is 0 Å². The van der Waals surface area contributed by atoms with E-state index in [9.17, 15) is 8.42 Å². The lowest BCUT2D eigenvalue weighted by atomic mass is 9.83. The smallest absolute Gasteiger partial charge is 0.150 e. The van der Waals surface area contributed by atoms with Gasteiger partial charge >= 0.3 is 0 Å². The molecule has 0 spiro atoms. The Bertz CT molecular complexity index is 496. The van der Waals surface area contributed by atoms with E-state index < -0.39 is 9.84 Å². The molecule has 1 aromatic rings. The molecule has 3 nitrogen and oxygen atoms in total. The van der Waals surface area contributed by atoms with Gasteiger partial charge in [-0.3, -0.25) is 0 Å². The Balaban J connectivity index is 2.26. The highest BCUT2D eigenvalue weighted by molar-refractivity contribution is 7.91. The number of nitrogens with two attached hydrogens (primary N) is 1. The summed E-state index contributed by atoms with van der Waals surface area (Å²) in [7, 11) is -2.83. The van der Waals surface area contributed by atoms with Crippen LogP contribution in [0.1, 0.15) is 23.5 Å². The lowest BCUT2D eigenvalue weighted by molar-refractivity contribution is 0.472. The molecule has 0 saturated carbocycles. The topological polar surface area (TPSA) is 60.2 Å². The molecule has 94 valence electrons. The Hall–Kier alpha value is -0.870. The minimum absolute atomic E-state index is 0.175. The van der Waals surface area contributed by atoms with Crippen LogP contribution in [0.15, 0.2) is 24.3 Å². The van der Waals surface area contributed by atoms with Crippen LogP contribution in [0.4, 0.5) is 0 Å².